The van der Waals surface area contributed by atoms with E-state index in [9.17, 15) is 4.79 Å². The van der Waals surface area contributed by atoms with Gasteiger partial charge in [-0.1, -0.05) is 0 Å². The normalized spacial score (nSPS) is 15.2. The Labute approximate surface area is 53.6 Å². The van der Waals surface area contributed by atoms with Crippen molar-refractivity contribution in [1.29, 1.82) is 0 Å². The van der Waals surface area contributed by atoms with Gasteiger partial charge in [0.2, 0.25) is 0 Å². The summed E-state index contributed by atoms with van der Waals surface area (Å²) in [6.07, 6.45) is 1.02. The van der Waals surface area contributed by atoms with E-state index in [-0.39, 0.29) is 6.61 Å². The van der Waals surface area contributed by atoms with Crippen LogP contribution in [-0.4, -0.2) is 29.2 Å². The van der Waals surface area contributed by atoms with Crippen LogP contribution < -0.4 is 0 Å². The van der Waals surface area contributed by atoms with Crippen molar-refractivity contribution in [3.63, 3.8) is 0 Å². The zero-order valence-electron chi connectivity index (χ0n) is 5.24. The average molecular weight is 130 g/mol. The average Bonchev–Trinajstić information content (AvgIpc) is 1.87. The molecule has 0 bridgehead atoms. The number of rotatable bonds is 3. The monoisotopic (exact) mass is 130 g/mol. The minimum atomic E-state index is -0.907. The van der Waals surface area contributed by atoms with Gasteiger partial charge in [-0.05, 0) is 18.6 Å². The lowest BCUT2D eigenvalue weighted by molar-refractivity contribution is -0.104. The van der Waals surface area contributed by atoms with E-state index in [1.807, 2.05) is 0 Å². The molecule has 0 aliphatic rings. The minimum absolute atomic E-state index is 0.342. The molecule has 1 atom stereocenters. The summed E-state index contributed by atoms with van der Waals surface area (Å²) in [6, 6.07) is 0. The van der Waals surface area contributed by atoms with E-state index in [1.54, 1.807) is 6.92 Å². The van der Waals surface area contributed by atoms with Gasteiger partial charge >= 0.3 is 0 Å². The highest BCUT2D eigenvalue weighted by Gasteiger charge is 1.95. The van der Waals surface area contributed by atoms with Crippen LogP contribution >= 0.6 is 0 Å². The van der Waals surface area contributed by atoms with E-state index in [0.717, 1.165) is 0 Å². The standard InChI is InChI=1S/C6H10O3/c1-5(3-7)2-6(9)4-8/h2-3,6,8-9H,4H2,1H3. The van der Waals surface area contributed by atoms with Gasteiger partial charge in [0.25, 0.3) is 0 Å². The van der Waals surface area contributed by atoms with Crippen LogP contribution in [0.3, 0.4) is 0 Å². The third-order valence-corrected chi connectivity index (χ3v) is 0.828. The molecule has 0 saturated heterocycles. The lowest BCUT2D eigenvalue weighted by atomic mass is 10.2. The molecule has 0 aliphatic carbocycles. The number of aliphatic hydroxyl groups is 2. The van der Waals surface area contributed by atoms with Gasteiger partial charge in [-0.15, -0.1) is 0 Å². The predicted octanol–water partition coefficient (Wildman–Crippen LogP) is -0.515. The van der Waals surface area contributed by atoms with E-state index < -0.39 is 6.10 Å². The van der Waals surface area contributed by atoms with Gasteiger partial charge in [-0.25, -0.2) is 0 Å². The van der Waals surface area contributed by atoms with Crippen LogP contribution in [-0.2, 0) is 4.79 Å². The summed E-state index contributed by atoms with van der Waals surface area (Å²) in [5, 5.41) is 16.9. The molecule has 0 aliphatic heterocycles. The molecule has 2 N–H and O–H groups in total. The van der Waals surface area contributed by atoms with Crippen molar-refractivity contribution in [1.82, 2.24) is 0 Å². The smallest absolute Gasteiger partial charge is 0.145 e. The Kier molecular flexibility index (Phi) is 3.92. The number of hydrogen-bond donors (Lipinski definition) is 2. The maximum Gasteiger partial charge on any atom is 0.145 e. The second-order valence-corrected chi connectivity index (χ2v) is 1.78. The second kappa shape index (κ2) is 4.23. The molecule has 0 aromatic heterocycles. The molecule has 0 spiro atoms. The van der Waals surface area contributed by atoms with Crippen molar-refractivity contribution in [2.45, 2.75) is 13.0 Å². The van der Waals surface area contributed by atoms with Gasteiger partial charge in [0, 0.05) is 0 Å². The van der Waals surface area contributed by atoms with Crippen molar-refractivity contribution >= 4 is 6.29 Å². The van der Waals surface area contributed by atoms with Crippen LogP contribution in [0, 0.1) is 0 Å². The Morgan fingerprint density at radius 2 is 2.33 bits per heavy atom. The molecule has 0 fully saturated rings. The zero-order valence-corrected chi connectivity index (χ0v) is 5.24. The van der Waals surface area contributed by atoms with Crippen LogP contribution in [0.5, 0.6) is 0 Å². The van der Waals surface area contributed by atoms with Crippen molar-refractivity contribution in [2.75, 3.05) is 6.61 Å². The molecule has 1 unspecified atom stereocenters. The van der Waals surface area contributed by atoms with Crippen molar-refractivity contribution in [2.24, 2.45) is 0 Å². The summed E-state index contributed by atoms with van der Waals surface area (Å²) >= 11 is 0. The number of allylic oxidation sites excluding steroid dienone is 1. The molecule has 0 heterocycles. The summed E-state index contributed by atoms with van der Waals surface area (Å²) in [4.78, 5) is 9.90. The molecule has 0 radical (unpaired) electrons. The first-order chi connectivity index (χ1) is 4.20. The third-order valence-electron chi connectivity index (χ3n) is 0.828. The number of carbonyl (C=O) groups excluding carboxylic acids is 1. The molecule has 0 rings (SSSR count). The number of carbonyl (C=O) groups is 1. The Hall–Kier alpha value is -0.670. The van der Waals surface area contributed by atoms with E-state index in [0.29, 0.717) is 11.9 Å². The van der Waals surface area contributed by atoms with E-state index in [2.05, 4.69) is 0 Å². The number of aliphatic hydroxyl groups excluding tert-OH is 2. The summed E-state index contributed by atoms with van der Waals surface area (Å²) in [6.45, 7) is 1.22. The molecular weight excluding hydrogens is 120 g/mol. The molecule has 0 aromatic rings. The van der Waals surface area contributed by atoms with Gasteiger partial charge in [0.05, 0.1) is 12.7 Å². The molecule has 52 valence electrons. The lowest BCUT2D eigenvalue weighted by Gasteiger charge is -1.97. The van der Waals surface area contributed by atoms with E-state index in [1.165, 1.54) is 6.08 Å². The maximum atomic E-state index is 9.90. The van der Waals surface area contributed by atoms with Gasteiger partial charge in [0.15, 0.2) is 0 Å². The van der Waals surface area contributed by atoms with Crippen molar-refractivity contribution in [3.8, 4) is 0 Å². The molecule has 0 saturated carbocycles. The molecule has 3 heteroatoms. The molecule has 3 nitrogen and oxygen atoms in total. The summed E-state index contributed by atoms with van der Waals surface area (Å²) < 4.78 is 0. The third kappa shape index (κ3) is 3.88. The fraction of sp³-hybridized carbons (Fsp3) is 0.500. The second-order valence-electron chi connectivity index (χ2n) is 1.78. The highest BCUT2D eigenvalue weighted by molar-refractivity contribution is 5.72. The van der Waals surface area contributed by atoms with Crippen LogP contribution in [0.1, 0.15) is 6.92 Å². The first-order valence-corrected chi connectivity index (χ1v) is 2.63. The van der Waals surface area contributed by atoms with E-state index in [4.69, 9.17) is 10.2 Å². The lowest BCUT2D eigenvalue weighted by Crippen LogP contribution is -2.08. The van der Waals surface area contributed by atoms with Gasteiger partial charge in [-0.2, -0.15) is 0 Å². The molecular formula is C6H10O3. The van der Waals surface area contributed by atoms with Gasteiger partial charge < -0.3 is 10.2 Å². The first kappa shape index (κ1) is 8.33. The van der Waals surface area contributed by atoms with Crippen molar-refractivity contribution in [3.05, 3.63) is 11.6 Å². The minimum Gasteiger partial charge on any atom is -0.393 e. The maximum absolute atomic E-state index is 9.90. The Morgan fingerprint density at radius 3 is 2.67 bits per heavy atom. The van der Waals surface area contributed by atoms with Crippen LogP contribution in [0.15, 0.2) is 11.6 Å². The Morgan fingerprint density at radius 1 is 1.78 bits per heavy atom. The Bertz CT molecular complexity index is 117. The fourth-order valence-corrected chi connectivity index (χ4v) is 0.395. The highest BCUT2D eigenvalue weighted by atomic mass is 16.3. The predicted molar refractivity (Wildman–Crippen MR) is 32.9 cm³/mol. The van der Waals surface area contributed by atoms with Crippen LogP contribution in [0.4, 0.5) is 0 Å². The van der Waals surface area contributed by atoms with Gasteiger partial charge in [0.1, 0.15) is 6.29 Å². The van der Waals surface area contributed by atoms with Gasteiger partial charge in [-0.3, -0.25) is 4.79 Å². The van der Waals surface area contributed by atoms with E-state index >= 15 is 0 Å². The Balaban J connectivity index is 3.78. The van der Waals surface area contributed by atoms with Crippen LogP contribution in [0.2, 0.25) is 0 Å². The SMILES string of the molecule is CC(C=O)=CC(O)CO. The number of aldehydes is 1. The number of hydrogen-bond acceptors (Lipinski definition) is 3. The highest BCUT2D eigenvalue weighted by Crippen LogP contribution is 1.90. The molecule has 0 amide bonds. The van der Waals surface area contributed by atoms with Crippen LogP contribution in [0.25, 0.3) is 0 Å². The summed E-state index contributed by atoms with van der Waals surface area (Å²) in [5.41, 5.74) is 0.427. The summed E-state index contributed by atoms with van der Waals surface area (Å²) in [5.74, 6) is 0. The fourth-order valence-electron chi connectivity index (χ4n) is 0.395. The topological polar surface area (TPSA) is 57.5 Å². The molecule has 0 aromatic carbocycles. The van der Waals surface area contributed by atoms with Crippen molar-refractivity contribution < 1.29 is 15.0 Å². The summed E-state index contributed by atoms with van der Waals surface area (Å²) in [7, 11) is 0. The zero-order chi connectivity index (χ0) is 7.28. The molecule has 9 heavy (non-hydrogen) atoms. The quantitative estimate of drug-likeness (QED) is 0.399. The largest absolute Gasteiger partial charge is 0.393 e. The first-order valence-electron chi connectivity index (χ1n) is 2.63.